The number of aromatic nitrogens is 1. The predicted octanol–water partition coefficient (Wildman–Crippen LogP) is 2.81. The molecule has 0 aliphatic carbocycles. The van der Waals surface area contributed by atoms with Gasteiger partial charge in [-0.25, -0.2) is 0 Å². The Balaban J connectivity index is 0. The lowest BCUT2D eigenvalue weighted by Crippen LogP contribution is -2.35. The van der Waals surface area contributed by atoms with Crippen LogP contribution >= 0.6 is 24.8 Å². The monoisotopic (exact) mass is 236 g/mol. The quantitative estimate of drug-likeness (QED) is 0.855. The summed E-state index contributed by atoms with van der Waals surface area (Å²) in [6.07, 6.45) is 3.64. The molecule has 0 aromatic carbocycles. The van der Waals surface area contributed by atoms with E-state index in [1.807, 2.05) is 24.5 Å². The molecule has 0 saturated carbocycles. The van der Waals surface area contributed by atoms with Crippen molar-refractivity contribution in [3.63, 3.8) is 0 Å². The van der Waals surface area contributed by atoms with Crippen molar-refractivity contribution in [2.24, 2.45) is 0 Å². The lowest BCUT2D eigenvalue weighted by molar-refractivity contribution is 0.424. The van der Waals surface area contributed by atoms with Crippen molar-refractivity contribution >= 4 is 24.8 Å². The molecule has 0 fully saturated rings. The van der Waals surface area contributed by atoms with Crippen LogP contribution in [0.2, 0.25) is 0 Å². The van der Waals surface area contributed by atoms with Crippen LogP contribution in [0.4, 0.5) is 0 Å². The highest BCUT2D eigenvalue weighted by Crippen LogP contribution is 2.02. The van der Waals surface area contributed by atoms with Gasteiger partial charge in [-0.05, 0) is 38.5 Å². The third-order valence-corrected chi connectivity index (χ3v) is 1.57. The van der Waals surface area contributed by atoms with E-state index in [0.717, 1.165) is 6.54 Å². The number of nitrogens with zero attached hydrogens (tertiary/aromatic N) is 1. The summed E-state index contributed by atoms with van der Waals surface area (Å²) in [5.74, 6) is 0. The largest absolute Gasteiger partial charge is 0.308 e. The minimum absolute atomic E-state index is 0. The topological polar surface area (TPSA) is 24.9 Å². The molecule has 4 heteroatoms. The van der Waals surface area contributed by atoms with Crippen molar-refractivity contribution in [2.75, 3.05) is 0 Å². The van der Waals surface area contributed by atoms with E-state index in [0.29, 0.717) is 0 Å². The Bertz CT molecular complexity index is 232. The molecule has 1 aromatic heterocycles. The Morgan fingerprint density at radius 2 is 1.64 bits per heavy atom. The number of nitrogens with one attached hydrogen (secondary N) is 1. The lowest BCUT2D eigenvalue weighted by atomic mass is 10.1. The van der Waals surface area contributed by atoms with Crippen LogP contribution in [-0.4, -0.2) is 10.5 Å². The van der Waals surface area contributed by atoms with Crippen LogP contribution in [-0.2, 0) is 6.54 Å². The molecule has 2 nitrogen and oxygen atoms in total. The summed E-state index contributed by atoms with van der Waals surface area (Å²) in [6, 6.07) is 4.05. The fraction of sp³-hybridized carbons (Fsp3) is 0.500. The average molecular weight is 237 g/mol. The molecule has 0 bridgehead atoms. The molecule has 0 aliphatic heterocycles. The van der Waals surface area contributed by atoms with Crippen molar-refractivity contribution in [1.29, 1.82) is 0 Å². The van der Waals surface area contributed by atoms with Gasteiger partial charge in [0.15, 0.2) is 0 Å². The van der Waals surface area contributed by atoms with Crippen LogP contribution in [0.15, 0.2) is 24.5 Å². The van der Waals surface area contributed by atoms with Crippen LogP contribution in [0.1, 0.15) is 26.3 Å². The van der Waals surface area contributed by atoms with E-state index in [-0.39, 0.29) is 30.4 Å². The zero-order valence-electron chi connectivity index (χ0n) is 8.78. The summed E-state index contributed by atoms with van der Waals surface area (Å²) >= 11 is 0. The summed E-state index contributed by atoms with van der Waals surface area (Å²) in [5, 5.41) is 3.41. The van der Waals surface area contributed by atoms with E-state index in [2.05, 4.69) is 31.1 Å². The molecule has 1 heterocycles. The summed E-state index contributed by atoms with van der Waals surface area (Å²) in [4.78, 5) is 3.96. The summed E-state index contributed by atoms with van der Waals surface area (Å²) < 4.78 is 0. The predicted molar refractivity (Wildman–Crippen MR) is 65.3 cm³/mol. The maximum atomic E-state index is 3.96. The van der Waals surface area contributed by atoms with E-state index >= 15 is 0 Å². The van der Waals surface area contributed by atoms with Gasteiger partial charge in [-0.3, -0.25) is 4.98 Å². The first-order valence-electron chi connectivity index (χ1n) is 4.22. The van der Waals surface area contributed by atoms with Crippen LogP contribution in [0.3, 0.4) is 0 Å². The van der Waals surface area contributed by atoms with Gasteiger partial charge in [0.2, 0.25) is 0 Å². The second kappa shape index (κ2) is 7.04. The van der Waals surface area contributed by atoms with E-state index in [9.17, 15) is 0 Å². The molecule has 0 spiro atoms. The minimum Gasteiger partial charge on any atom is -0.308 e. The van der Waals surface area contributed by atoms with Crippen molar-refractivity contribution < 1.29 is 0 Å². The Hall–Kier alpha value is -0.310. The van der Waals surface area contributed by atoms with Crippen LogP contribution in [0, 0.1) is 0 Å². The fourth-order valence-corrected chi connectivity index (χ4v) is 0.868. The molecular formula is C10H18Cl2N2. The van der Waals surface area contributed by atoms with Gasteiger partial charge in [0.1, 0.15) is 0 Å². The first kappa shape index (κ1) is 16.1. The molecule has 1 N–H and O–H groups in total. The second-order valence-corrected chi connectivity index (χ2v) is 3.96. The molecule has 1 aromatic rings. The zero-order valence-corrected chi connectivity index (χ0v) is 10.4. The van der Waals surface area contributed by atoms with E-state index < -0.39 is 0 Å². The van der Waals surface area contributed by atoms with Gasteiger partial charge in [-0.1, -0.05) is 0 Å². The Labute approximate surface area is 98.3 Å². The maximum absolute atomic E-state index is 3.96. The minimum atomic E-state index is 0. The maximum Gasteiger partial charge on any atom is 0.0271 e. The highest BCUT2D eigenvalue weighted by molar-refractivity contribution is 5.85. The number of pyridine rings is 1. The smallest absolute Gasteiger partial charge is 0.0271 e. The van der Waals surface area contributed by atoms with E-state index in [1.54, 1.807) is 0 Å². The molecule has 0 unspecified atom stereocenters. The number of hydrogen-bond acceptors (Lipinski definition) is 2. The summed E-state index contributed by atoms with van der Waals surface area (Å²) in [6.45, 7) is 7.39. The molecule has 1 rings (SSSR count). The summed E-state index contributed by atoms with van der Waals surface area (Å²) in [5.41, 5.74) is 1.46. The number of halogens is 2. The molecule has 0 amide bonds. The van der Waals surface area contributed by atoms with Crippen molar-refractivity contribution in [3.8, 4) is 0 Å². The molecule has 0 saturated heterocycles. The lowest BCUT2D eigenvalue weighted by Gasteiger charge is -2.20. The van der Waals surface area contributed by atoms with E-state index in [4.69, 9.17) is 0 Å². The highest BCUT2D eigenvalue weighted by Gasteiger charge is 2.07. The van der Waals surface area contributed by atoms with Crippen molar-refractivity contribution in [3.05, 3.63) is 30.1 Å². The molecule has 0 aliphatic rings. The Kier molecular flexibility index (Phi) is 8.12. The van der Waals surface area contributed by atoms with Gasteiger partial charge in [0.25, 0.3) is 0 Å². The van der Waals surface area contributed by atoms with Gasteiger partial charge < -0.3 is 5.32 Å². The molecule has 0 atom stereocenters. The molecular weight excluding hydrogens is 219 g/mol. The number of hydrogen-bond donors (Lipinski definition) is 1. The standard InChI is InChI=1S/C10H16N2.2ClH/c1-10(2,3)12-8-9-4-6-11-7-5-9;;/h4-7,12H,8H2,1-3H3;2*1H. The SMILES string of the molecule is CC(C)(C)NCc1ccncc1.Cl.Cl. The van der Waals surface area contributed by atoms with Crippen LogP contribution in [0.25, 0.3) is 0 Å². The van der Waals surface area contributed by atoms with Gasteiger partial charge in [0.05, 0.1) is 0 Å². The van der Waals surface area contributed by atoms with Gasteiger partial charge in [-0.15, -0.1) is 24.8 Å². The van der Waals surface area contributed by atoms with Gasteiger partial charge in [-0.2, -0.15) is 0 Å². The third-order valence-electron chi connectivity index (χ3n) is 1.57. The van der Waals surface area contributed by atoms with Crippen molar-refractivity contribution in [1.82, 2.24) is 10.3 Å². The first-order chi connectivity index (χ1) is 5.58. The normalized spacial score (nSPS) is 9.93. The van der Waals surface area contributed by atoms with Crippen molar-refractivity contribution in [2.45, 2.75) is 32.9 Å². The molecule has 0 radical (unpaired) electrons. The molecule has 82 valence electrons. The first-order valence-corrected chi connectivity index (χ1v) is 4.22. The van der Waals surface area contributed by atoms with E-state index in [1.165, 1.54) is 5.56 Å². The summed E-state index contributed by atoms with van der Waals surface area (Å²) in [7, 11) is 0. The Morgan fingerprint density at radius 1 is 1.14 bits per heavy atom. The highest BCUT2D eigenvalue weighted by atomic mass is 35.5. The number of rotatable bonds is 2. The average Bonchev–Trinajstić information content (AvgIpc) is 2.02. The van der Waals surface area contributed by atoms with Crippen LogP contribution in [0.5, 0.6) is 0 Å². The Morgan fingerprint density at radius 3 is 2.07 bits per heavy atom. The second-order valence-electron chi connectivity index (χ2n) is 3.96. The molecule has 14 heavy (non-hydrogen) atoms. The van der Waals surface area contributed by atoms with Gasteiger partial charge >= 0.3 is 0 Å². The third kappa shape index (κ3) is 7.13. The van der Waals surface area contributed by atoms with Crippen LogP contribution < -0.4 is 5.32 Å². The zero-order chi connectivity index (χ0) is 9.03. The van der Waals surface area contributed by atoms with Gasteiger partial charge in [0, 0.05) is 24.5 Å². The fourth-order valence-electron chi connectivity index (χ4n) is 0.868.